The molecular formula is C23H19NNa2O6S2. The molecule has 0 saturated carbocycles. The summed E-state index contributed by atoms with van der Waals surface area (Å²) in [6, 6.07) is 16.4. The van der Waals surface area contributed by atoms with Gasteiger partial charge in [-0.1, -0.05) is 60.7 Å². The molecule has 34 heavy (non-hydrogen) atoms. The number of hydrogen-bond acceptors (Lipinski definition) is 7. The first-order valence-corrected chi connectivity index (χ1v) is 12.5. The van der Waals surface area contributed by atoms with Crippen LogP contribution in [0, 0.1) is 6.92 Å². The number of aryl methyl sites for hydroxylation is 1. The van der Waals surface area contributed by atoms with Gasteiger partial charge in [0.25, 0.3) is 0 Å². The smallest absolute Gasteiger partial charge is 0.744 e. The molecule has 11 heteroatoms. The molecule has 0 aliphatic carbocycles. The molecule has 1 aliphatic rings. The van der Waals surface area contributed by atoms with Gasteiger partial charge >= 0.3 is 59.1 Å². The van der Waals surface area contributed by atoms with Crippen molar-refractivity contribution < 1.29 is 85.1 Å². The van der Waals surface area contributed by atoms with Crippen LogP contribution in [0.2, 0.25) is 0 Å². The van der Waals surface area contributed by atoms with Crippen LogP contribution < -0.4 is 64.4 Å². The van der Waals surface area contributed by atoms with E-state index >= 15 is 0 Å². The molecule has 7 nitrogen and oxygen atoms in total. The molecule has 1 unspecified atom stereocenters. The molecule has 0 bridgehead atoms. The van der Waals surface area contributed by atoms with E-state index in [-0.39, 0.29) is 76.3 Å². The molecule has 0 radical (unpaired) electrons. The fourth-order valence-electron chi connectivity index (χ4n) is 3.86. The molecule has 0 fully saturated rings. The minimum absolute atomic E-state index is 0. The first-order valence-electron chi connectivity index (χ1n) is 9.70. The molecule has 0 spiro atoms. The minimum atomic E-state index is -4.82. The van der Waals surface area contributed by atoms with Gasteiger partial charge in [-0.25, -0.2) is 16.8 Å². The molecule has 4 rings (SSSR count). The van der Waals surface area contributed by atoms with Crippen molar-refractivity contribution in [1.82, 2.24) is 5.32 Å². The number of rotatable bonds is 5. The van der Waals surface area contributed by atoms with Gasteiger partial charge in [-0.3, -0.25) is 0 Å². The van der Waals surface area contributed by atoms with E-state index < -0.39 is 30.0 Å². The average Bonchev–Trinajstić information content (AvgIpc) is 3.15. The largest absolute Gasteiger partial charge is 1.00 e. The fraction of sp³-hybridized carbons (Fsp3) is 0.130. The normalized spacial score (nSPS) is 15.4. The van der Waals surface area contributed by atoms with E-state index in [4.69, 9.17) is 0 Å². The molecular weight excluding hydrogens is 496 g/mol. The Kier molecular flexibility index (Phi) is 9.94. The van der Waals surface area contributed by atoms with Crippen molar-refractivity contribution in [2.24, 2.45) is 0 Å². The van der Waals surface area contributed by atoms with E-state index in [1.807, 2.05) is 24.3 Å². The van der Waals surface area contributed by atoms with E-state index in [2.05, 4.69) is 5.32 Å². The molecule has 1 atom stereocenters. The Labute approximate surface area is 243 Å². The average molecular weight is 516 g/mol. The topological polar surface area (TPSA) is 126 Å². The van der Waals surface area contributed by atoms with Crippen LogP contribution in [0.3, 0.4) is 0 Å². The Hall–Kier alpha value is -0.820. The van der Waals surface area contributed by atoms with Crippen molar-refractivity contribution in [3.8, 4) is 0 Å². The number of nitrogens with one attached hydrogen (secondary N) is 1. The van der Waals surface area contributed by atoms with Crippen LogP contribution >= 0.6 is 0 Å². The summed E-state index contributed by atoms with van der Waals surface area (Å²) in [4.78, 5) is -0.834. The maximum absolute atomic E-state index is 12.0. The molecule has 3 aromatic carbocycles. The Morgan fingerprint density at radius 1 is 0.824 bits per heavy atom. The summed E-state index contributed by atoms with van der Waals surface area (Å²) in [6.45, 7) is 2.28. The summed E-state index contributed by atoms with van der Waals surface area (Å²) in [7, 11) is -9.56. The van der Waals surface area contributed by atoms with Gasteiger partial charge in [0, 0.05) is 6.54 Å². The third kappa shape index (κ3) is 6.48. The van der Waals surface area contributed by atoms with Gasteiger partial charge in [-0.15, -0.1) is 0 Å². The van der Waals surface area contributed by atoms with Crippen molar-refractivity contribution in [3.05, 3.63) is 94.0 Å². The fourth-order valence-corrected chi connectivity index (χ4v) is 5.32. The Morgan fingerprint density at radius 3 is 2.00 bits per heavy atom. The van der Waals surface area contributed by atoms with E-state index in [0.717, 1.165) is 11.1 Å². The van der Waals surface area contributed by atoms with Crippen molar-refractivity contribution in [2.45, 2.75) is 29.3 Å². The van der Waals surface area contributed by atoms with Crippen LogP contribution in [0.25, 0.3) is 12.2 Å². The molecule has 1 heterocycles. The van der Waals surface area contributed by atoms with Gasteiger partial charge in [0.15, 0.2) is 0 Å². The van der Waals surface area contributed by atoms with Crippen LogP contribution in [0.1, 0.15) is 39.4 Å². The van der Waals surface area contributed by atoms with E-state index in [1.165, 1.54) is 36.4 Å². The second-order valence-corrected chi connectivity index (χ2v) is 10.3. The summed E-state index contributed by atoms with van der Waals surface area (Å²) in [6.07, 6.45) is 2.64. The first-order chi connectivity index (χ1) is 15.0. The molecule has 166 valence electrons. The van der Waals surface area contributed by atoms with Crippen molar-refractivity contribution in [2.75, 3.05) is 0 Å². The van der Waals surface area contributed by atoms with Gasteiger partial charge in [-0.05, 0) is 52.4 Å². The SMILES string of the molecule is Cc1ccc(C=Cc2ccc(C3NCc4ccccc43)cc2S(=O)(=O)[O-])c(S(=O)(=O)[O-])c1.[Na+].[Na+]. The number of hydrogen-bond donors (Lipinski definition) is 1. The van der Waals surface area contributed by atoms with Gasteiger partial charge < -0.3 is 14.4 Å². The Balaban J connectivity index is 0.00000204. The van der Waals surface area contributed by atoms with Crippen molar-refractivity contribution in [3.63, 3.8) is 0 Å². The number of fused-ring (bicyclic) bond motifs is 1. The summed E-state index contributed by atoms with van der Waals surface area (Å²) >= 11 is 0. The van der Waals surface area contributed by atoms with Gasteiger partial charge in [-0.2, -0.15) is 0 Å². The Morgan fingerprint density at radius 2 is 1.38 bits per heavy atom. The molecule has 1 N–H and O–H groups in total. The maximum atomic E-state index is 12.0. The summed E-state index contributed by atoms with van der Waals surface area (Å²) < 4.78 is 70.8. The van der Waals surface area contributed by atoms with Gasteiger partial charge in [0.2, 0.25) is 0 Å². The zero-order valence-corrected chi connectivity index (χ0v) is 24.6. The standard InChI is InChI=1S/C23H21NO6S2.2Na/c1-15-6-7-16(21(12-15)31(25,26)27)8-9-17-10-11-18(13-22(17)32(28,29)30)23-20-5-3-2-4-19(20)14-24-23;;/h2-13,23-24H,14H2,1H3,(H,25,26,27)(H,28,29,30);;/q;2*+1/p-2. The summed E-state index contributed by atoms with van der Waals surface area (Å²) in [5, 5.41) is 3.31. The molecule has 0 saturated heterocycles. The monoisotopic (exact) mass is 515 g/mol. The number of benzene rings is 3. The molecule has 3 aromatic rings. The van der Waals surface area contributed by atoms with E-state index in [9.17, 15) is 25.9 Å². The van der Waals surface area contributed by atoms with Crippen LogP contribution in [0.4, 0.5) is 0 Å². The van der Waals surface area contributed by atoms with E-state index in [1.54, 1.807) is 19.1 Å². The first kappa shape index (κ1) is 29.4. The van der Waals surface area contributed by atoms with E-state index in [0.29, 0.717) is 17.7 Å². The molecule has 0 aromatic heterocycles. The quantitative estimate of drug-likeness (QED) is 0.221. The van der Waals surface area contributed by atoms with Crippen LogP contribution in [-0.2, 0) is 26.8 Å². The van der Waals surface area contributed by atoms with Crippen molar-refractivity contribution >= 4 is 32.4 Å². The second-order valence-electron chi connectivity index (χ2n) is 7.59. The van der Waals surface area contributed by atoms with Crippen LogP contribution in [0.15, 0.2) is 70.5 Å². The molecule has 1 aliphatic heterocycles. The predicted octanol–water partition coefficient (Wildman–Crippen LogP) is -2.83. The third-order valence-electron chi connectivity index (χ3n) is 5.38. The van der Waals surface area contributed by atoms with Crippen molar-refractivity contribution in [1.29, 1.82) is 0 Å². The summed E-state index contributed by atoms with van der Waals surface area (Å²) in [5.41, 5.74) is 3.53. The van der Waals surface area contributed by atoms with Gasteiger partial charge in [0.05, 0.1) is 15.8 Å². The Bertz CT molecular complexity index is 1450. The zero-order chi connectivity index (χ0) is 23.1. The zero-order valence-electron chi connectivity index (χ0n) is 19.0. The maximum Gasteiger partial charge on any atom is 1.00 e. The summed E-state index contributed by atoms with van der Waals surface area (Å²) in [5.74, 6) is 0. The van der Waals surface area contributed by atoms with Gasteiger partial charge in [0.1, 0.15) is 20.2 Å². The molecule has 0 amide bonds. The predicted molar refractivity (Wildman–Crippen MR) is 118 cm³/mol. The van der Waals surface area contributed by atoms with Crippen LogP contribution in [0.5, 0.6) is 0 Å². The third-order valence-corrected chi connectivity index (χ3v) is 7.17. The van der Waals surface area contributed by atoms with Crippen LogP contribution in [-0.4, -0.2) is 25.9 Å². The minimum Gasteiger partial charge on any atom is -0.744 e. The second kappa shape index (κ2) is 11.5.